The molecule has 0 atom stereocenters. The summed E-state index contributed by atoms with van der Waals surface area (Å²) in [5.41, 5.74) is 6.62. The Kier molecular flexibility index (Phi) is 4.16. The highest BCUT2D eigenvalue weighted by Crippen LogP contribution is 2.30. The van der Waals surface area contributed by atoms with Gasteiger partial charge in [0, 0.05) is 18.9 Å². The third-order valence-corrected chi connectivity index (χ3v) is 4.42. The van der Waals surface area contributed by atoms with E-state index in [4.69, 9.17) is 10.9 Å². The molecule has 8 nitrogen and oxygen atoms in total. The number of rotatable bonds is 5. The molecule has 2 heterocycles. The molecule has 0 fully saturated rings. The molecule has 0 radical (unpaired) electrons. The van der Waals surface area contributed by atoms with Crippen LogP contribution >= 0.6 is 11.3 Å². The summed E-state index contributed by atoms with van der Waals surface area (Å²) in [5, 5.41) is 7.45. The van der Waals surface area contributed by atoms with Crippen LogP contribution in [0.25, 0.3) is 10.3 Å². The fourth-order valence-corrected chi connectivity index (χ4v) is 3.05. The van der Waals surface area contributed by atoms with Crippen molar-refractivity contribution in [3.8, 4) is 0 Å². The number of sulfonamides is 1. The zero-order chi connectivity index (χ0) is 14.8. The SMILES string of the molecule is Nc1c(C(=O)NCCCS(N)(=O)=O)sc2nccnc12. The van der Waals surface area contributed by atoms with Crippen LogP contribution in [-0.4, -0.2) is 36.6 Å². The number of nitrogen functional groups attached to an aromatic ring is 1. The average Bonchev–Trinajstić information content (AvgIpc) is 2.72. The summed E-state index contributed by atoms with van der Waals surface area (Å²) in [6, 6.07) is 0. The Balaban J connectivity index is 2.03. The van der Waals surface area contributed by atoms with Crippen LogP contribution in [0.4, 0.5) is 5.69 Å². The number of nitrogens with two attached hydrogens (primary N) is 2. The van der Waals surface area contributed by atoms with E-state index in [2.05, 4.69) is 15.3 Å². The molecule has 1 amide bonds. The van der Waals surface area contributed by atoms with Crippen molar-refractivity contribution in [2.45, 2.75) is 6.42 Å². The summed E-state index contributed by atoms with van der Waals surface area (Å²) in [5.74, 6) is -0.556. The van der Waals surface area contributed by atoms with Gasteiger partial charge < -0.3 is 11.1 Å². The van der Waals surface area contributed by atoms with E-state index in [1.165, 1.54) is 12.4 Å². The van der Waals surface area contributed by atoms with Gasteiger partial charge in [0.15, 0.2) is 0 Å². The van der Waals surface area contributed by atoms with Gasteiger partial charge >= 0.3 is 0 Å². The lowest BCUT2D eigenvalue weighted by molar-refractivity contribution is 0.0958. The maximum atomic E-state index is 11.9. The number of aromatic nitrogens is 2. The molecule has 2 rings (SSSR count). The molecule has 10 heteroatoms. The van der Waals surface area contributed by atoms with Crippen LogP contribution in [-0.2, 0) is 10.0 Å². The summed E-state index contributed by atoms with van der Waals surface area (Å²) in [7, 11) is -3.51. The van der Waals surface area contributed by atoms with Crippen LogP contribution < -0.4 is 16.2 Å². The number of thiophene rings is 1. The van der Waals surface area contributed by atoms with Crippen molar-refractivity contribution in [3.63, 3.8) is 0 Å². The van der Waals surface area contributed by atoms with Gasteiger partial charge in [-0.15, -0.1) is 11.3 Å². The van der Waals surface area contributed by atoms with Gasteiger partial charge in [0.1, 0.15) is 15.2 Å². The quantitative estimate of drug-likeness (QED) is 0.646. The van der Waals surface area contributed by atoms with E-state index in [0.717, 1.165) is 11.3 Å². The average molecular weight is 315 g/mol. The van der Waals surface area contributed by atoms with Gasteiger partial charge in [-0.2, -0.15) is 0 Å². The van der Waals surface area contributed by atoms with Gasteiger partial charge in [0.05, 0.1) is 11.4 Å². The first-order valence-corrected chi connectivity index (χ1v) is 8.19. The van der Waals surface area contributed by atoms with Gasteiger partial charge in [0.25, 0.3) is 5.91 Å². The minimum atomic E-state index is -3.51. The molecule has 108 valence electrons. The number of hydrogen-bond donors (Lipinski definition) is 3. The molecule has 20 heavy (non-hydrogen) atoms. The lowest BCUT2D eigenvalue weighted by Gasteiger charge is -2.03. The summed E-state index contributed by atoms with van der Waals surface area (Å²) in [6.45, 7) is 0.198. The van der Waals surface area contributed by atoms with E-state index in [1.54, 1.807) is 0 Å². The van der Waals surface area contributed by atoms with Crippen LogP contribution in [0.1, 0.15) is 16.1 Å². The summed E-state index contributed by atoms with van der Waals surface area (Å²) < 4.78 is 21.5. The highest BCUT2D eigenvalue weighted by molar-refractivity contribution is 7.89. The Labute approximate surface area is 119 Å². The molecule has 0 aliphatic rings. The van der Waals surface area contributed by atoms with Gasteiger partial charge in [-0.1, -0.05) is 0 Å². The van der Waals surface area contributed by atoms with Crippen LogP contribution in [0.2, 0.25) is 0 Å². The number of anilines is 1. The number of carbonyl (C=O) groups is 1. The van der Waals surface area contributed by atoms with Gasteiger partial charge in [-0.05, 0) is 6.42 Å². The highest BCUT2D eigenvalue weighted by Gasteiger charge is 2.17. The Morgan fingerprint density at radius 1 is 1.35 bits per heavy atom. The molecule has 0 saturated heterocycles. The number of primary sulfonamides is 1. The Morgan fingerprint density at radius 2 is 2.05 bits per heavy atom. The van der Waals surface area contributed by atoms with Crippen molar-refractivity contribution in [1.82, 2.24) is 15.3 Å². The molecule has 0 spiro atoms. The molecule has 0 aliphatic heterocycles. The maximum Gasteiger partial charge on any atom is 0.263 e. The summed E-state index contributed by atoms with van der Waals surface area (Å²) in [4.78, 5) is 21.0. The molecule has 0 saturated carbocycles. The van der Waals surface area contributed by atoms with Crippen molar-refractivity contribution in [1.29, 1.82) is 0 Å². The van der Waals surface area contributed by atoms with Crippen LogP contribution in [0.5, 0.6) is 0 Å². The fourth-order valence-electron chi connectivity index (χ4n) is 1.57. The van der Waals surface area contributed by atoms with Crippen molar-refractivity contribution in [2.24, 2.45) is 5.14 Å². The molecule has 5 N–H and O–H groups in total. The number of fused-ring (bicyclic) bond motifs is 1. The van der Waals surface area contributed by atoms with Crippen molar-refractivity contribution < 1.29 is 13.2 Å². The first-order chi connectivity index (χ1) is 9.38. The monoisotopic (exact) mass is 315 g/mol. The number of nitrogens with one attached hydrogen (secondary N) is 1. The largest absolute Gasteiger partial charge is 0.396 e. The number of carbonyl (C=O) groups excluding carboxylic acids is 1. The Hall–Kier alpha value is -1.78. The second-order valence-corrected chi connectivity index (χ2v) is 6.76. The summed E-state index contributed by atoms with van der Waals surface area (Å²) in [6.07, 6.45) is 3.26. The lowest BCUT2D eigenvalue weighted by Crippen LogP contribution is -2.27. The van der Waals surface area contributed by atoms with Crippen molar-refractivity contribution >= 4 is 43.3 Å². The first kappa shape index (κ1) is 14.6. The van der Waals surface area contributed by atoms with Crippen LogP contribution in [0.15, 0.2) is 12.4 Å². The maximum absolute atomic E-state index is 11.9. The minimum Gasteiger partial charge on any atom is -0.396 e. The third-order valence-electron chi connectivity index (χ3n) is 2.46. The summed E-state index contributed by atoms with van der Waals surface area (Å²) >= 11 is 1.14. The van der Waals surface area contributed by atoms with Crippen molar-refractivity contribution in [2.75, 3.05) is 18.0 Å². The molecular weight excluding hydrogens is 302 g/mol. The molecule has 0 unspecified atom stereocenters. The topological polar surface area (TPSA) is 141 Å². The van der Waals surface area contributed by atoms with E-state index in [9.17, 15) is 13.2 Å². The predicted molar refractivity (Wildman–Crippen MR) is 76.8 cm³/mol. The second-order valence-electron chi connectivity index (χ2n) is 4.03. The molecule has 0 aromatic carbocycles. The van der Waals surface area contributed by atoms with Crippen molar-refractivity contribution in [3.05, 3.63) is 17.3 Å². The minimum absolute atomic E-state index is 0.182. The van der Waals surface area contributed by atoms with E-state index in [1.807, 2.05) is 0 Å². The second kappa shape index (κ2) is 5.69. The highest BCUT2D eigenvalue weighted by atomic mass is 32.2. The molecule has 0 bridgehead atoms. The lowest BCUT2D eigenvalue weighted by atomic mass is 10.3. The molecule has 2 aromatic heterocycles. The predicted octanol–water partition coefficient (Wildman–Crippen LogP) is -0.318. The third kappa shape index (κ3) is 3.40. The Morgan fingerprint density at radius 3 is 2.70 bits per heavy atom. The van der Waals surface area contributed by atoms with E-state index < -0.39 is 10.0 Å². The zero-order valence-electron chi connectivity index (χ0n) is 10.4. The van der Waals surface area contributed by atoms with Crippen LogP contribution in [0, 0.1) is 0 Å². The van der Waals surface area contributed by atoms with E-state index in [0.29, 0.717) is 15.2 Å². The van der Waals surface area contributed by atoms with Gasteiger partial charge in [0.2, 0.25) is 10.0 Å². The molecular formula is C10H13N5O3S2. The normalized spacial score (nSPS) is 11.7. The Bertz CT molecular complexity index is 740. The zero-order valence-corrected chi connectivity index (χ0v) is 12.0. The van der Waals surface area contributed by atoms with E-state index in [-0.39, 0.29) is 30.3 Å². The van der Waals surface area contributed by atoms with Crippen LogP contribution in [0.3, 0.4) is 0 Å². The first-order valence-electron chi connectivity index (χ1n) is 5.66. The molecule has 2 aromatic rings. The smallest absolute Gasteiger partial charge is 0.263 e. The fraction of sp³-hybridized carbons (Fsp3) is 0.300. The number of hydrogen-bond acceptors (Lipinski definition) is 7. The van der Waals surface area contributed by atoms with Gasteiger partial charge in [-0.3, -0.25) is 4.79 Å². The number of nitrogens with zero attached hydrogens (tertiary/aromatic N) is 2. The number of amides is 1. The van der Waals surface area contributed by atoms with E-state index >= 15 is 0 Å². The standard InChI is InChI=1S/C10H13N5O3S2/c11-6-7-10(15-4-3-13-7)19-8(6)9(16)14-2-1-5-20(12,17)18/h3-4H,1-2,5,11H2,(H,14,16)(H2,12,17,18). The molecule has 0 aliphatic carbocycles. The van der Waals surface area contributed by atoms with Gasteiger partial charge in [-0.25, -0.2) is 23.5 Å².